The summed E-state index contributed by atoms with van der Waals surface area (Å²) < 4.78 is 3.06. The molecule has 4 rings (SSSR count). The summed E-state index contributed by atoms with van der Waals surface area (Å²) in [5.74, 6) is -1.26. The molecule has 0 aliphatic carbocycles. The van der Waals surface area contributed by atoms with Crippen molar-refractivity contribution in [2.75, 3.05) is 11.5 Å². The second kappa shape index (κ2) is 9.58. The number of hydrogen-bond acceptors (Lipinski definition) is 9. The molecule has 15 heteroatoms. The summed E-state index contributed by atoms with van der Waals surface area (Å²) in [7, 11) is 1.69. The number of amides is 2. The topological polar surface area (TPSA) is 148 Å². The van der Waals surface area contributed by atoms with E-state index in [1.54, 1.807) is 25.6 Å². The fourth-order valence-corrected chi connectivity index (χ4v) is 6.41. The Morgan fingerprint density at radius 2 is 2.12 bits per heavy atom. The van der Waals surface area contributed by atoms with E-state index >= 15 is 0 Å². The fourth-order valence-electron chi connectivity index (χ4n) is 3.95. The first-order valence-corrected chi connectivity index (χ1v) is 12.8. The van der Waals surface area contributed by atoms with Gasteiger partial charge in [-0.05, 0) is 36.3 Å². The maximum atomic E-state index is 13.1. The zero-order valence-electron chi connectivity index (χ0n) is 18.9. The van der Waals surface area contributed by atoms with Gasteiger partial charge in [0.1, 0.15) is 23.2 Å². The van der Waals surface area contributed by atoms with Crippen molar-refractivity contribution in [3.8, 4) is 0 Å². The molecule has 0 bridgehead atoms. The number of carboxylic acid groups (broad SMARTS) is 1. The quantitative estimate of drug-likeness (QED) is 0.379. The molecule has 0 spiro atoms. The molecule has 3 atom stereocenters. The van der Waals surface area contributed by atoms with Crippen molar-refractivity contribution in [3.05, 3.63) is 27.7 Å². The van der Waals surface area contributed by atoms with Crippen LogP contribution in [0.2, 0.25) is 5.02 Å². The number of nitrogens with zero attached hydrogens (tertiary/aromatic N) is 7. The molecule has 2 N–H and O–H groups in total. The molecule has 182 valence electrons. The molecular formula is C19H23ClN8O4S2. The summed E-state index contributed by atoms with van der Waals surface area (Å²) in [5.41, 5.74) is 1.85. The highest BCUT2D eigenvalue weighted by Gasteiger charge is 2.54. The van der Waals surface area contributed by atoms with Crippen LogP contribution in [-0.4, -0.2) is 80.7 Å². The SMILES string of the molecule is CC[C@@H](C(=O)N[C@H]1C(=O)N2C(C(=O)O)=C(CSc3nnnn3C)CS[C@H]12)n1nc(C)c(Cl)c1C. The van der Waals surface area contributed by atoms with Gasteiger partial charge in [-0.2, -0.15) is 5.10 Å². The molecule has 1 fully saturated rings. The molecule has 1 saturated heterocycles. The Labute approximate surface area is 208 Å². The van der Waals surface area contributed by atoms with Crippen LogP contribution in [0.5, 0.6) is 0 Å². The minimum atomic E-state index is -1.18. The van der Waals surface area contributed by atoms with Gasteiger partial charge in [-0.25, -0.2) is 9.48 Å². The highest BCUT2D eigenvalue weighted by atomic mass is 35.5. The third-order valence-electron chi connectivity index (χ3n) is 5.73. The molecule has 2 amide bonds. The smallest absolute Gasteiger partial charge is 0.352 e. The van der Waals surface area contributed by atoms with Crippen molar-refractivity contribution < 1.29 is 19.5 Å². The fraction of sp³-hybridized carbons (Fsp3) is 0.526. The predicted molar refractivity (Wildman–Crippen MR) is 125 cm³/mol. The molecule has 0 unspecified atom stereocenters. The highest BCUT2D eigenvalue weighted by Crippen LogP contribution is 2.41. The van der Waals surface area contributed by atoms with Gasteiger partial charge in [0.05, 0.1) is 16.4 Å². The van der Waals surface area contributed by atoms with Crippen molar-refractivity contribution in [3.63, 3.8) is 0 Å². The lowest BCUT2D eigenvalue weighted by Crippen LogP contribution is -2.71. The van der Waals surface area contributed by atoms with Gasteiger partial charge in [0.15, 0.2) is 0 Å². The van der Waals surface area contributed by atoms with Gasteiger partial charge >= 0.3 is 5.97 Å². The number of tetrazole rings is 1. The molecule has 0 aromatic carbocycles. The van der Waals surface area contributed by atoms with E-state index in [9.17, 15) is 19.5 Å². The Kier molecular flexibility index (Phi) is 6.92. The summed E-state index contributed by atoms with van der Waals surface area (Å²) in [6.45, 7) is 5.39. The Morgan fingerprint density at radius 1 is 1.38 bits per heavy atom. The van der Waals surface area contributed by atoms with Gasteiger partial charge in [-0.3, -0.25) is 19.2 Å². The maximum Gasteiger partial charge on any atom is 0.352 e. The van der Waals surface area contributed by atoms with Crippen molar-refractivity contribution in [1.29, 1.82) is 0 Å². The van der Waals surface area contributed by atoms with Crippen molar-refractivity contribution in [2.45, 2.75) is 49.8 Å². The average Bonchev–Trinajstić information content (AvgIpc) is 3.33. The average molecular weight is 527 g/mol. The van der Waals surface area contributed by atoms with E-state index < -0.39 is 29.3 Å². The van der Waals surface area contributed by atoms with Gasteiger partial charge in [-0.1, -0.05) is 30.3 Å². The second-order valence-corrected chi connectivity index (χ2v) is 10.3. The van der Waals surface area contributed by atoms with Crippen molar-refractivity contribution >= 4 is 52.9 Å². The number of aryl methyl sites for hydroxylation is 2. The number of hydrogen-bond donors (Lipinski definition) is 2. The van der Waals surface area contributed by atoms with Crippen molar-refractivity contribution in [2.24, 2.45) is 7.05 Å². The van der Waals surface area contributed by atoms with Gasteiger partial charge < -0.3 is 10.4 Å². The van der Waals surface area contributed by atoms with Crippen LogP contribution in [0.1, 0.15) is 30.8 Å². The predicted octanol–water partition coefficient (Wildman–Crippen LogP) is 1.16. The largest absolute Gasteiger partial charge is 0.477 e. The van der Waals surface area contributed by atoms with Crippen LogP contribution in [0.4, 0.5) is 0 Å². The minimum Gasteiger partial charge on any atom is -0.477 e. The first kappa shape index (κ1) is 24.5. The molecule has 34 heavy (non-hydrogen) atoms. The van der Waals surface area contributed by atoms with Gasteiger partial charge in [0.25, 0.3) is 5.91 Å². The zero-order chi connectivity index (χ0) is 24.7. The molecule has 12 nitrogen and oxygen atoms in total. The number of nitrogens with one attached hydrogen (secondary N) is 1. The maximum absolute atomic E-state index is 13.1. The Hall–Kier alpha value is -2.58. The molecule has 0 saturated carbocycles. The first-order valence-electron chi connectivity index (χ1n) is 10.4. The molecule has 2 aromatic rings. The number of aromatic nitrogens is 6. The van der Waals surface area contributed by atoms with Gasteiger partial charge in [0.2, 0.25) is 11.1 Å². The number of thioether (sulfide) groups is 2. The lowest BCUT2D eigenvalue weighted by Gasteiger charge is -2.49. The summed E-state index contributed by atoms with van der Waals surface area (Å²) in [4.78, 5) is 39.3. The third kappa shape index (κ3) is 4.18. The first-order chi connectivity index (χ1) is 16.1. The normalized spacial score (nSPS) is 20.7. The van der Waals surface area contributed by atoms with E-state index in [1.807, 2.05) is 6.92 Å². The summed E-state index contributed by atoms with van der Waals surface area (Å²) in [5, 5.41) is 28.8. The van der Waals surface area contributed by atoms with E-state index in [2.05, 4.69) is 25.9 Å². The number of carbonyl (C=O) groups is 3. The molecule has 0 radical (unpaired) electrons. The van der Waals surface area contributed by atoms with Crippen LogP contribution in [0.15, 0.2) is 16.4 Å². The number of fused-ring (bicyclic) bond motifs is 1. The standard InChI is InChI=1S/C19H23ClN8O4S2/c1-5-11(28-9(3)12(20)8(2)23-28)15(29)21-13-16(30)27-14(18(31)32)10(6-33-17(13)27)7-34-19-22-24-25-26(19)4/h11,13,17H,5-7H2,1-4H3,(H,21,29)(H,31,32)/t11-,13-,17+/m0/s1. The molecule has 2 aliphatic heterocycles. The van der Waals surface area contributed by atoms with E-state index in [4.69, 9.17) is 11.6 Å². The number of carboxylic acids is 1. The Balaban J connectivity index is 1.49. The van der Waals surface area contributed by atoms with Gasteiger partial charge in [0, 0.05) is 18.6 Å². The molecule has 2 aliphatic rings. The van der Waals surface area contributed by atoms with E-state index in [-0.39, 0.29) is 11.6 Å². The van der Waals surface area contributed by atoms with E-state index in [0.717, 1.165) is 0 Å². The molecule has 2 aromatic heterocycles. The van der Waals surface area contributed by atoms with Crippen LogP contribution < -0.4 is 5.32 Å². The lowest BCUT2D eigenvalue weighted by atomic mass is 10.0. The van der Waals surface area contributed by atoms with Crippen LogP contribution >= 0.6 is 35.1 Å². The van der Waals surface area contributed by atoms with Crippen molar-refractivity contribution in [1.82, 2.24) is 40.2 Å². The second-order valence-electron chi connectivity index (χ2n) is 7.88. The molecule has 4 heterocycles. The summed E-state index contributed by atoms with van der Waals surface area (Å²) in [6, 6.07) is -1.45. The van der Waals surface area contributed by atoms with Crippen LogP contribution in [0.25, 0.3) is 0 Å². The van der Waals surface area contributed by atoms with Crippen LogP contribution in [-0.2, 0) is 21.4 Å². The lowest BCUT2D eigenvalue weighted by molar-refractivity contribution is -0.151. The summed E-state index contributed by atoms with van der Waals surface area (Å²) in [6.07, 6.45) is 0.450. The summed E-state index contributed by atoms with van der Waals surface area (Å²) >= 11 is 8.95. The van der Waals surface area contributed by atoms with E-state index in [0.29, 0.717) is 45.1 Å². The number of carbonyl (C=O) groups excluding carboxylic acids is 2. The number of aliphatic carboxylic acids is 1. The van der Waals surface area contributed by atoms with Gasteiger partial charge in [-0.15, -0.1) is 16.9 Å². The number of rotatable bonds is 8. The number of β-lactam (4-membered cyclic amide) rings is 1. The highest BCUT2D eigenvalue weighted by molar-refractivity contribution is 8.01. The monoisotopic (exact) mass is 526 g/mol. The number of halogens is 1. The Morgan fingerprint density at radius 3 is 2.68 bits per heavy atom. The third-order valence-corrected chi connectivity index (χ3v) is 8.71. The van der Waals surface area contributed by atoms with E-state index in [1.165, 1.54) is 33.1 Å². The zero-order valence-corrected chi connectivity index (χ0v) is 21.2. The van der Waals surface area contributed by atoms with Crippen LogP contribution in [0.3, 0.4) is 0 Å². The molecular weight excluding hydrogens is 504 g/mol. The minimum absolute atomic E-state index is 0.0424. The van der Waals surface area contributed by atoms with Crippen LogP contribution in [0, 0.1) is 13.8 Å². The Bertz CT molecular complexity index is 1200.